The molecule has 16 heavy (non-hydrogen) atoms. The minimum absolute atomic E-state index is 0.0477. The SMILES string of the molecule is O=C(O)CCCN1Cc2ncccc2C1=O. The molecule has 0 saturated carbocycles. The highest BCUT2D eigenvalue weighted by Gasteiger charge is 2.27. The molecule has 1 aliphatic rings. The Bertz CT molecular complexity index is 431. The van der Waals surface area contributed by atoms with E-state index in [9.17, 15) is 9.59 Å². The maximum atomic E-state index is 11.8. The first-order valence-corrected chi connectivity index (χ1v) is 5.13. The number of aromatic nitrogens is 1. The van der Waals surface area contributed by atoms with E-state index >= 15 is 0 Å². The smallest absolute Gasteiger partial charge is 0.303 e. The molecule has 1 aromatic heterocycles. The maximum Gasteiger partial charge on any atom is 0.303 e. The third-order valence-corrected chi connectivity index (χ3v) is 2.57. The third-order valence-electron chi connectivity index (χ3n) is 2.57. The largest absolute Gasteiger partial charge is 0.481 e. The molecule has 5 nitrogen and oxygen atoms in total. The van der Waals surface area contributed by atoms with E-state index in [0.29, 0.717) is 25.1 Å². The number of hydrogen-bond acceptors (Lipinski definition) is 3. The molecule has 0 fully saturated rings. The van der Waals surface area contributed by atoms with Gasteiger partial charge in [0.2, 0.25) is 0 Å². The summed E-state index contributed by atoms with van der Waals surface area (Å²) in [7, 11) is 0. The van der Waals surface area contributed by atoms with Crippen molar-refractivity contribution < 1.29 is 14.7 Å². The Labute approximate surface area is 92.7 Å². The van der Waals surface area contributed by atoms with Crippen molar-refractivity contribution in [3.8, 4) is 0 Å². The zero-order valence-corrected chi connectivity index (χ0v) is 8.72. The Morgan fingerprint density at radius 3 is 3.06 bits per heavy atom. The summed E-state index contributed by atoms with van der Waals surface area (Å²) < 4.78 is 0. The second-order valence-electron chi connectivity index (χ2n) is 3.72. The van der Waals surface area contributed by atoms with Gasteiger partial charge in [-0.25, -0.2) is 0 Å². The second kappa shape index (κ2) is 4.30. The lowest BCUT2D eigenvalue weighted by Crippen LogP contribution is -2.25. The van der Waals surface area contributed by atoms with Crippen LogP contribution in [-0.4, -0.2) is 33.4 Å². The van der Waals surface area contributed by atoms with E-state index in [1.54, 1.807) is 23.2 Å². The molecular formula is C11H12N2O3. The number of carboxylic acid groups (broad SMARTS) is 1. The second-order valence-corrected chi connectivity index (χ2v) is 3.72. The summed E-state index contributed by atoms with van der Waals surface area (Å²) in [6.07, 6.45) is 2.23. The Morgan fingerprint density at radius 1 is 1.56 bits per heavy atom. The van der Waals surface area contributed by atoms with E-state index in [2.05, 4.69) is 4.98 Å². The predicted molar refractivity (Wildman–Crippen MR) is 55.8 cm³/mol. The van der Waals surface area contributed by atoms with Gasteiger partial charge in [-0.15, -0.1) is 0 Å². The zero-order valence-electron chi connectivity index (χ0n) is 8.72. The van der Waals surface area contributed by atoms with Crippen LogP contribution in [0.5, 0.6) is 0 Å². The van der Waals surface area contributed by atoms with Crippen LogP contribution in [0.4, 0.5) is 0 Å². The Balaban J connectivity index is 1.97. The molecule has 0 aromatic carbocycles. The molecule has 0 spiro atoms. The van der Waals surface area contributed by atoms with Gasteiger partial charge in [-0.05, 0) is 18.6 Å². The normalized spacial score (nSPS) is 14.0. The molecule has 2 rings (SSSR count). The van der Waals surface area contributed by atoms with Gasteiger partial charge in [0.05, 0.1) is 17.8 Å². The first kappa shape index (κ1) is 10.6. The molecule has 1 aliphatic heterocycles. The molecule has 84 valence electrons. The number of amides is 1. The number of nitrogens with zero attached hydrogens (tertiary/aromatic N) is 2. The van der Waals surface area contributed by atoms with E-state index in [0.717, 1.165) is 5.69 Å². The van der Waals surface area contributed by atoms with Crippen LogP contribution >= 0.6 is 0 Å². The van der Waals surface area contributed by atoms with Crippen molar-refractivity contribution in [3.05, 3.63) is 29.6 Å². The molecule has 1 aromatic rings. The van der Waals surface area contributed by atoms with Crippen molar-refractivity contribution in [3.63, 3.8) is 0 Å². The lowest BCUT2D eigenvalue weighted by Gasteiger charge is -2.13. The van der Waals surface area contributed by atoms with Crippen molar-refractivity contribution >= 4 is 11.9 Å². The fraction of sp³-hybridized carbons (Fsp3) is 0.364. The Hall–Kier alpha value is -1.91. The number of hydrogen-bond donors (Lipinski definition) is 1. The van der Waals surface area contributed by atoms with Gasteiger partial charge < -0.3 is 10.0 Å². The van der Waals surface area contributed by atoms with Crippen LogP contribution in [0.1, 0.15) is 28.9 Å². The van der Waals surface area contributed by atoms with Crippen LogP contribution in [0.3, 0.4) is 0 Å². The summed E-state index contributed by atoms with van der Waals surface area (Å²) >= 11 is 0. The van der Waals surface area contributed by atoms with Crippen LogP contribution in [0.15, 0.2) is 18.3 Å². The van der Waals surface area contributed by atoms with Crippen LogP contribution in [0, 0.1) is 0 Å². The minimum atomic E-state index is -0.831. The summed E-state index contributed by atoms with van der Waals surface area (Å²) in [6, 6.07) is 3.49. The molecule has 0 atom stereocenters. The van der Waals surface area contributed by atoms with Gasteiger partial charge in [0, 0.05) is 19.2 Å². The molecule has 0 saturated heterocycles. The van der Waals surface area contributed by atoms with Gasteiger partial charge in [-0.2, -0.15) is 0 Å². The topological polar surface area (TPSA) is 70.5 Å². The average molecular weight is 220 g/mol. The van der Waals surface area contributed by atoms with Crippen molar-refractivity contribution in [1.29, 1.82) is 0 Å². The lowest BCUT2D eigenvalue weighted by molar-refractivity contribution is -0.137. The molecule has 0 bridgehead atoms. The monoisotopic (exact) mass is 220 g/mol. The van der Waals surface area contributed by atoms with Gasteiger partial charge in [0.25, 0.3) is 5.91 Å². The quantitative estimate of drug-likeness (QED) is 0.818. The lowest BCUT2D eigenvalue weighted by atomic mass is 10.2. The fourth-order valence-corrected chi connectivity index (χ4v) is 1.78. The number of carboxylic acids is 1. The van der Waals surface area contributed by atoms with Gasteiger partial charge in [-0.3, -0.25) is 14.6 Å². The van der Waals surface area contributed by atoms with Crippen LogP contribution in [-0.2, 0) is 11.3 Å². The van der Waals surface area contributed by atoms with Crippen molar-refractivity contribution in [2.24, 2.45) is 0 Å². The highest BCUT2D eigenvalue weighted by atomic mass is 16.4. The zero-order chi connectivity index (χ0) is 11.5. The van der Waals surface area contributed by atoms with Crippen LogP contribution < -0.4 is 0 Å². The molecule has 1 N–H and O–H groups in total. The molecule has 1 amide bonds. The molecule has 0 aliphatic carbocycles. The van der Waals surface area contributed by atoms with Crippen molar-refractivity contribution in [2.75, 3.05) is 6.54 Å². The summed E-state index contributed by atoms with van der Waals surface area (Å²) in [6.45, 7) is 0.968. The molecule has 0 unspecified atom stereocenters. The maximum absolute atomic E-state index is 11.8. The van der Waals surface area contributed by atoms with E-state index < -0.39 is 5.97 Å². The van der Waals surface area contributed by atoms with Gasteiger partial charge in [-0.1, -0.05) is 0 Å². The fourth-order valence-electron chi connectivity index (χ4n) is 1.78. The van der Waals surface area contributed by atoms with Gasteiger partial charge in [0.15, 0.2) is 0 Å². The van der Waals surface area contributed by atoms with E-state index in [1.165, 1.54) is 0 Å². The van der Waals surface area contributed by atoms with Crippen molar-refractivity contribution in [2.45, 2.75) is 19.4 Å². The molecular weight excluding hydrogens is 208 g/mol. The molecule has 0 radical (unpaired) electrons. The first-order chi connectivity index (χ1) is 7.68. The first-order valence-electron chi connectivity index (χ1n) is 5.13. The molecule has 5 heteroatoms. The summed E-state index contributed by atoms with van der Waals surface area (Å²) in [5.41, 5.74) is 1.42. The summed E-state index contributed by atoms with van der Waals surface area (Å²) in [5, 5.41) is 8.51. The number of rotatable bonds is 4. The number of carbonyl (C=O) groups excluding carboxylic acids is 1. The Morgan fingerprint density at radius 2 is 2.38 bits per heavy atom. The third kappa shape index (κ3) is 2.03. The van der Waals surface area contributed by atoms with E-state index in [1.807, 2.05) is 0 Å². The Kier molecular flexibility index (Phi) is 2.85. The van der Waals surface area contributed by atoms with Gasteiger partial charge >= 0.3 is 5.97 Å². The minimum Gasteiger partial charge on any atom is -0.481 e. The number of carbonyl (C=O) groups is 2. The van der Waals surface area contributed by atoms with E-state index in [-0.39, 0.29) is 12.3 Å². The predicted octanol–water partition coefficient (Wildman–Crippen LogP) is 0.902. The highest BCUT2D eigenvalue weighted by molar-refractivity contribution is 5.97. The highest BCUT2D eigenvalue weighted by Crippen LogP contribution is 2.20. The van der Waals surface area contributed by atoms with Crippen LogP contribution in [0.25, 0.3) is 0 Å². The van der Waals surface area contributed by atoms with E-state index in [4.69, 9.17) is 5.11 Å². The average Bonchev–Trinajstić information content (AvgIpc) is 2.56. The number of fused-ring (bicyclic) bond motifs is 1. The van der Waals surface area contributed by atoms with Gasteiger partial charge in [0.1, 0.15) is 0 Å². The summed E-state index contributed by atoms with van der Waals surface area (Å²) in [4.78, 5) is 27.9. The number of aliphatic carboxylic acids is 1. The standard InChI is InChI=1S/C11H12N2O3/c14-10(15)4-2-6-13-7-9-8(11(13)16)3-1-5-12-9/h1,3,5H,2,4,6-7H2,(H,14,15). The summed E-state index contributed by atoms with van der Waals surface area (Å²) in [5.74, 6) is -0.879. The number of pyridine rings is 1. The van der Waals surface area contributed by atoms with Crippen LogP contribution in [0.2, 0.25) is 0 Å². The van der Waals surface area contributed by atoms with Crippen molar-refractivity contribution in [1.82, 2.24) is 9.88 Å². The molecule has 2 heterocycles.